The van der Waals surface area contributed by atoms with Crippen LogP contribution in [0.1, 0.15) is 51.5 Å². The maximum absolute atomic E-state index is 5.07. The lowest BCUT2D eigenvalue weighted by molar-refractivity contribution is 0.309. The minimum absolute atomic E-state index is 0.548. The third kappa shape index (κ3) is 3.38. The maximum Gasteiger partial charge on any atom is 0.0947 e. The van der Waals surface area contributed by atoms with Gasteiger partial charge < -0.3 is 9.73 Å². The van der Waals surface area contributed by atoms with Gasteiger partial charge in [0.25, 0.3) is 0 Å². The van der Waals surface area contributed by atoms with Crippen molar-refractivity contribution in [3.8, 4) is 0 Å². The van der Waals surface area contributed by atoms with Crippen molar-refractivity contribution in [2.24, 2.45) is 5.41 Å². The first kappa shape index (κ1) is 11.7. The van der Waals surface area contributed by atoms with Crippen LogP contribution in [0.15, 0.2) is 23.0 Å². The number of furan rings is 1. The molecule has 1 fully saturated rings. The van der Waals surface area contributed by atoms with E-state index in [1.54, 1.807) is 6.26 Å². The Morgan fingerprint density at radius 2 is 2.25 bits per heavy atom. The van der Waals surface area contributed by atoms with Crippen molar-refractivity contribution in [2.75, 3.05) is 0 Å². The van der Waals surface area contributed by atoms with Crippen LogP contribution in [0, 0.1) is 5.41 Å². The third-order valence-electron chi connectivity index (χ3n) is 3.75. The normalized spacial score (nSPS) is 25.2. The van der Waals surface area contributed by atoms with Crippen molar-refractivity contribution in [1.82, 2.24) is 5.32 Å². The van der Waals surface area contributed by atoms with Gasteiger partial charge in [-0.25, -0.2) is 0 Å². The molecule has 0 radical (unpaired) electrons. The fraction of sp³-hybridized carbons (Fsp3) is 0.714. The van der Waals surface area contributed by atoms with Crippen LogP contribution in [-0.4, -0.2) is 6.04 Å². The number of rotatable bonds is 3. The van der Waals surface area contributed by atoms with Crippen LogP contribution in [0.25, 0.3) is 0 Å². The summed E-state index contributed by atoms with van der Waals surface area (Å²) in [7, 11) is 0. The molecule has 1 N–H and O–H groups in total. The summed E-state index contributed by atoms with van der Waals surface area (Å²) in [5.41, 5.74) is 1.80. The number of nitrogens with one attached hydrogen (secondary N) is 1. The second kappa shape index (κ2) is 5.05. The van der Waals surface area contributed by atoms with E-state index in [9.17, 15) is 0 Å². The summed E-state index contributed by atoms with van der Waals surface area (Å²) in [5, 5.41) is 3.64. The maximum atomic E-state index is 5.07. The molecular weight excluding hydrogens is 198 g/mol. The molecule has 1 aromatic rings. The lowest BCUT2D eigenvalue weighted by Crippen LogP contribution is -2.28. The third-order valence-corrected chi connectivity index (χ3v) is 3.75. The van der Waals surface area contributed by atoms with E-state index in [0.29, 0.717) is 11.5 Å². The summed E-state index contributed by atoms with van der Waals surface area (Å²) in [6, 6.07) is 2.73. The van der Waals surface area contributed by atoms with Crippen LogP contribution in [0.4, 0.5) is 0 Å². The Labute approximate surface area is 98.4 Å². The second-order valence-corrected chi connectivity index (χ2v) is 5.80. The van der Waals surface area contributed by atoms with Crippen LogP contribution >= 0.6 is 0 Å². The van der Waals surface area contributed by atoms with E-state index in [0.717, 1.165) is 6.54 Å². The summed E-state index contributed by atoms with van der Waals surface area (Å²) in [4.78, 5) is 0. The molecule has 0 aromatic carbocycles. The molecule has 2 heteroatoms. The molecule has 1 unspecified atom stereocenters. The Bertz CT molecular complexity index is 303. The summed E-state index contributed by atoms with van der Waals surface area (Å²) in [6.45, 7) is 5.73. The first-order chi connectivity index (χ1) is 7.66. The Balaban J connectivity index is 1.78. The van der Waals surface area contributed by atoms with Gasteiger partial charge in [0, 0.05) is 18.2 Å². The fourth-order valence-corrected chi connectivity index (χ4v) is 2.52. The molecule has 0 saturated heterocycles. The Kier molecular flexibility index (Phi) is 3.70. The molecule has 0 spiro atoms. The zero-order chi connectivity index (χ0) is 11.4. The van der Waals surface area contributed by atoms with Crippen molar-refractivity contribution in [1.29, 1.82) is 0 Å². The van der Waals surface area contributed by atoms with E-state index in [1.165, 1.54) is 37.7 Å². The quantitative estimate of drug-likeness (QED) is 0.787. The zero-order valence-electron chi connectivity index (χ0n) is 10.5. The van der Waals surface area contributed by atoms with Gasteiger partial charge in [-0.05, 0) is 37.2 Å². The summed E-state index contributed by atoms with van der Waals surface area (Å²) < 4.78 is 5.07. The highest BCUT2D eigenvalue weighted by Crippen LogP contribution is 2.33. The number of hydrogen-bond acceptors (Lipinski definition) is 2. The van der Waals surface area contributed by atoms with Crippen LogP contribution in [0.3, 0.4) is 0 Å². The van der Waals surface area contributed by atoms with E-state index in [2.05, 4.69) is 19.2 Å². The van der Waals surface area contributed by atoms with Gasteiger partial charge in [-0.2, -0.15) is 0 Å². The smallest absolute Gasteiger partial charge is 0.0947 e. The first-order valence-electron chi connectivity index (χ1n) is 6.40. The molecule has 0 amide bonds. The second-order valence-electron chi connectivity index (χ2n) is 5.80. The van der Waals surface area contributed by atoms with Crippen molar-refractivity contribution < 1.29 is 4.42 Å². The lowest BCUT2D eigenvalue weighted by Gasteiger charge is -2.22. The molecule has 0 bridgehead atoms. The highest BCUT2D eigenvalue weighted by Gasteiger charge is 2.23. The van der Waals surface area contributed by atoms with Crippen LogP contribution in [0.2, 0.25) is 0 Å². The van der Waals surface area contributed by atoms with Crippen molar-refractivity contribution in [3.63, 3.8) is 0 Å². The van der Waals surface area contributed by atoms with E-state index < -0.39 is 0 Å². The van der Waals surface area contributed by atoms with Crippen LogP contribution in [-0.2, 0) is 6.54 Å². The van der Waals surface area contributed by atoms with Gasteiger partial charge in [-0.3, -0.25) is 0 Å². The van der Waals surface area contributed by atoms with E-state index in [-0.39, 0.29) is 0 Å². The monoisotopic (exact) mass is 221 g/mol. The minimum atomic E-state index is 0.548. The van der Waals surface area contributed by atoms with Crippen molar-refractivity contribution >= 4 is 0 Å². The number of hydrogen-bond donors (Lipinski definition) is 1. The molecule has 90 valence electrons. The molecule has 1 aliphatic rings. The first-order valence-corrected chi connectivity index (χ1v) is 6.40. The van der Waals surface area contributed by atoms with Crippen LogP contribution in [0.5, 0.6) is 0 Å². The fourth-order valence-electron chi connectivity index (χ4n) is 2.52. The molecule has 0 aliphatic heterocycles. The molecule has 2 rings (SSSR count). The summed E-state index contributed by atoms with van der Waals surface area (Å²) >= 11 is 0. The molecule has 1 saturated carbocycles. The minimum Gasteiger partial charge on any atom is -0.472 e. The Hall–Kier alpha value is -0.760. The molecule has 1 atom stereocenters. The predicted octanol–water partition coefficient (Wildman–Crippen LogP) is 3.73. The average Bonchev–Trinajstić information content (AvgIpc) is 2.68. The topological polar surface area (TPSA) is 25.2 Å². The molecule has 1 aromatic heterocycles. The average molecular weight is 221 g/mol. The van der Waals surface area contributed by atoms with Crippen LogP contribution < -0.4 is 5.32 Å². The predicted molar refractivity (Wildman–Crippen MR) is 66.2 cm³/mol. The SMILES string of the molecule is CC1(C)CCCC(NCc2ccoc2)CC1. The molecule has 1 aliphatic carbocycles. The van der Waals surface area contributed by atoms with Gasteiger partial charge in [0.15, 0.2) is 0 Å². The molecule has 2 nitrogen and oxygen atoms in total. The van der Waals surface area contributed by atoms with Crippen molar-refractivity contribution in [2.45, 2.75) is 58.5 Å². The highest BCUT2D eigenvalue weighted by atomic mass is 16.3. The van der Waals surface area contributed by atoms with E-state index in [4.69, 9.17) is 4.42 Å². The largest absolute Gasteiger partial charge is 0.472 e. The Morgan fingerprint density at radius 1 is 1.38 bits per heavy atom. The summed E-state index contributed by atoms with van der Waals surface area (Å²) in [5.74, 6) is 0. The zero-order valence-corrected chi connectivity index (χ0v) is 10.5. The van der Waals surface area contributed by atoms with Gasteiger partial charge in [0.05, 0.1) is 12.5 Å². The molecule has 16 heavy (non-hydrogen) atoms. The van der Waals surface area contributed by atoms with Crippen molar-refractivity contribution in [3.05, 3.63) is 24.2 Å². The van der Waals surface area contributed by atoms with Gasteiger partial charge >= 0.3 is 0 Å². The lowest BCUT2D eigenvalue weighted by atomic mass is 9.85. The highest BCUT2D eigenvalue weighted by molar-refractivity contribution is 5.04. The van der Waals surface area contributed by atoms with Gasteiger partial charge in [0.1, 0.15) is 0 Å². The summed E-state index contributed by atoms with van der Waals surface area (Å²) in [6.07, 6.45) is 10.3. The Morgan fingerprint density at radius 3 is 3.00 bits per heavy atom. The van der Waals surface area contributed by atoms with Gasteiger partial charge in [0.2, 0.25) is 0 Å². The van der Waals surface area contributed by atoms with E-state index >= 15 is 0 Å². The molecule has 1 heterocycles. The standard InChI is InChI=1S/C14H23NO/c1-14(2)7-3-4-13(5-8-14)15-10-12-6-9-16-11-12/h6,9,11,13,15H,3-5,7-8,10H2,1-2H3. The van der Waals surface area contributed by atoms with E-state index in [1.807, 2.05) is 12.3 Å². The van der Waals surface area contributed by atoms with Gasteiger partial charge in [-0.1, -0.05) is 20.3 Å². The van der Waals surface area contributed by atoms with Gasteiger partial charge in [-0.15, -0.1) is 0 Å². The molecular formula is C14H23NO.